The van der Waals surface area contributed by atoms with Gasteiger partial charge in [-0.05, 0) is 31.5 Å². The topological polar surface area (TPSA) is 87.9 Å². The first-order valence-electron chi connectivity index (χ1n) is 5.68. The van der Waals surface area contributed by atoms with Gasteiger partial charge in [0, 0.05) is 12.2 Å². The fourth-order valence-electron chi connectivity index (χ4n) is 1.74. The summed E-state index contributed by atoms with van der Waals surface area (Å²) in [6.07, 6.45) is 0. The molecular formula is C12H15N5O. The highest BCUT2D eigenvalue weighted by atomic mass is 16.2. The Bertz CT molecular complexity index is 563. The van der Waals surface area contributed by atoms with Gasteiger partial charge in [0.1, 0.15) is 0 Å². The third-order valence-electron chi connectivity index (χ3n) is 2.58. The summed E-state index contributed by atoms with van der Waals surface area (Å²) in [5, 5.41) is 6.19. The van der Waals surface area contributed by atoms with Crippen molar-refractivity contribution in [3.63, 3.8) is 0 Å². The lowest BCUT2D eigenvalue weighted by atomic mass is 10.2. The zero-order chi connectivity index (χ0) is 13.1. The normalized spacial score (nSPS) is 10.3. The van der Waals surface area contributed by atoms with Gasteiger partial charge in [0.15, 0.2) is 0 Å². The molecule has 0 aliphatic carbocycles. The van der Waals surface area contributed by atoms with Gasteiger partial charge in [0.2, 0.25) is 11.8 Å². The summed E-state index contributed by atoms with van der Waals surface area (Å²) in [5.41, 5.74) is 7.32. The number of nitrogens with two attached hydrogens (primary N) is 1. The molecule has 0 saturated heterocycles. The molecule has 0 atom stereocenters. The molecule has 6 nitrogen and oxygen atoms in total. The van der Waals surface area contributed by atoms with E-state index >= 15 is 0 Å². The van der Waals surface area contributed by atoms with Crippen molar-refractivity contribution in [2.45, 2.75) is 13.8 Å². The lowest BCUT2D eigenvalue weighted by Crippen LogP contribution is -2.31. The van der Waals surface area contributed by atoms with Crippen molar-refractivity contribution in [2.75, 3.05) is 17.2 Å². The van der Waals surface area contributed by atoms with Crippen LogP contribution in [0.4, 0.5) is 11.6 Å². The zero-order valence-corrected chi connectivity index (χ0v) is 10.3. The summed E-state index contributed by atoms with van der Waals surface area (Å²) < 4.78 is 0. The lowest BCUT2D eigenvalue weighted by Gasteiger charge is -2.19. The van der Waals surface area contributed by atoms with Crippen molar-refractivity contribution in [3.8, 4) is 0 Å². The number of nitrogens with one attached hydrogen (secondary N) is 1. The molecule has 1 amide bonds. The Kier molecular flexibility index (Phi) is 3.27. The van der Waals surface area contributed by atoms with Gasteiger partial charge in [-0.2, -0.15) is 4.98 Å². The van der Waals surface area contributed by atoms with Gasteiger partial charge in [-0.15, -0.1) is 5.10 Å². The van der Waals surface area contributed by atoms with E-state index in [-0.39, 0.29) is 17.7 Å². The van der Waals surface area contributed by atoms with Gasteiger partial charge in [0.05, 0.1) is 0 Å². The molecule has 1 aromatic carbocycles. The molecule has 0 bridgehead atoms. The maximum Gasteiger partial charge on any atom is 0.295 e. The molecule has 2 aromatic rings. The van der Waals surface area contributed by atoms with Crippen molar-refractivity contribution < 1.29 is 4.79 Å². The summed E-state index contributed by atoms with van der Waals surface area (Å²) in [6, 6.07) is 7.72. The minimum Gasteiger partial charge on any atom is -0.366 e. The molecule has 2 rings (SSSR count). The first kappa shape index (κ1) is 12.1. The molecule has 0 aliphatic rings. The highest BCUT2D eigenvalue weighted by molar-refractivity contribution is 6.03. The second-order valence-electron chi connectivity index (χ2n) is 3.93. The first-order chi connectivity index (χ1) is 8.61. The van der Waals surface area contributed by atoms with Crippen LogP contribution in [0.3, 0.4) is 0 Å². The summed E-state index contributed by atoms with van der Waals surface area (Å²) in [5.74, 6) is -0.0261. The number of hydrogen-bond acceptors (Lipinski definition) is 4. The monoisotopic (exact) mass is 245 g/mol. The van der Waals surface area contributed by atoms with Gasteiger partial charge in [-0.1, -0.05) is 12.1 Å². The van der Waals surface area contributed by atoms with Crippen LogP contribution in [-0.2, 0) is 0 Å². The Morgan fingerprint density at radius 1 is 1.50 bits per heavy atom. The number of aromatic nitrogens is 3. The molecule has 0 radical (unpaired) electrons. The molecule has 0 fully saturated rings. The zero-order valence-electron chi connectivity index (χ0n) is 10.3. The van der Waals surface area contributed by atoms with E-state index in [1.54, 1.807) is 4.90 Å². The maximum absolute atomic E-state index is 12.2. The highest BCUT2D eigenvalue weighted by Gasteiger charge is 2.19. The molecular weight excluding hydrogens is 230 g/mol. The minimum atomic E-state index is -0.243. The number of hydrogen-bond donors (Lipinski definition) is 2. The summed E-state index contributed by atoms with van der Waals surface area (Å²) in [6.45, 7) is 4.43. The van der Waals surface area contributed by atoms with Crippen LogP contribution in [0, 0.1) is 6.92 Å². The Labute approximate surface area is 105 Å². The Hall–Kier alpha value is -2.37. The number of H-pyrrole nitrogens is 1. The molecule has 1 aromatic heterocycles. The van der Waals surface area contributed by atoms with E-state index in [2.05, 4.69) is 15.2 Å². The Morgan fingerprint density at radius 3 is 2.83 bits per heavy atom. The number of aryl methyl sites for hydroxylation is 1. The smallest absolute Gasteiger partial charge is 0.295 e. The van der Waals surface area contributed by atoms with Crippen molar-refractivity contribution in [3.05, 3.63) is 35.7 Å². The predicted molar refractivity (Wildman–Crippen MR) is 69.3 cm³/mol. The van der Waals surface area contributed by atoms with E-state index in [1.165, 1.54) is 0 Å². The molecule has 0 unspecified atom stereocenters. The van der Waals surface area contributed by atoms with Crippen LogP contribution in [0.2, 0.25) is 0 Å². The van der Waals surface area contributed by atoms with E-state index < -0.39 is 0 Å². The van der Waals surface area contributed by atoms with Gasteiger partial charge >= 0.3 is 0 Å². The summed E-state index contributed by atoms with van der Waals surface area (Å²) in [7, 11) is 0. The van der Waals surface area contributed by atoms with Crippen molar-refractivity contribution in [1.82, 2.24) is 15.2 Å². The number of amides is 1. The maximum atomic E-state index is 12.2. The van der Waals surface area contributed by atoms with Crippen LogP contribution in [-0.4, -0.2) is 27.6 Å². The van der Waals surface area contributed by atoms with Crippen molar-refractivity contribution in [1.29, 1.82) is 0 Å². The van der Waals surface area contributed by atoms with E-state index in [9.17, 15) is 4.79 Å². The second-order valence-corrected chi connectivity index (χ2v) is 3.93. The molecule has 1 heterocycles. The third kappa shape index (κ3) is 2.32. The SMILES string of the molecule is CCN(C(=O)c1nc(N)n[nH]1)c1cccc(C)c1. The Balaban J connectivity index is 2.31. The molecule has 0 saturated carbocycles. The van der Waals surface area contributed by atoms with Gasteiger partial charge in [-0.25, -0.2) is 0 Å². The number of benzene rings is 1. The average Bonchev–Trinajstić information content (AvgIpc) is 2.77. The number of carbonyl (C=O) groups excluding carboxylic acids is 1. The number of nitrogen functional groups attached to an aromatic ring is 1. The largest absolute Gasteiger partial charge is 0.366 e. The predicted octanol–water partition coefficient (Wildman–Crippen LogP) is 1.36. The number of anilines is 2. The number of aromatic amines is 1. The first-order valence-corrected chi connectivity index (χ1v) is 5.68. The number of carbonyl (C=O) groups is 1. The van der Waals surface area contributed by atoms with Crippen LogP contribution in [0.25, 0.3) is 0 Å². The molecule has 0 spiro atoms. The minimum absolute atomic E-state index is 0.0682. The molecule has 3 N–H and O–H groups in total. The van der Waals surface area contributed by atoms with Gasteiger partial charge in [0.25, 0.3) is 5.91 Å². The van der Waals surface area contributed by atoms with Crippen LogP contribution in [0.15, 0.2) is 24.3 Å². The fraction of sp³-hybridized carbons (Fsp3) is 0.250. The fourth-order valence-corrected chi connectivity index (χ4v) is 1.74. The summed E-state index contributed by atoms with van der Waals surface area (Å²) in [4.78, 5) is 17.7. The quantitative estimate of drug-likeness (QED) is 0.854. The van der Waals surface area contributed by atoms with Crippen LogP contribution in [0.1, 0.15) is 23.1 Å². The third-order valence-corrected chi connectivity index (χ3v) is 2.58. The molecule has 0 aliphatic heterocycles. The van der Waals surface area contributed by atoms with Crippen molar-refractivity contribution in [2.24, 2.45) is 0 Å². The van der Waals surface area contributed by atoms with E-state index in [0.29, 0.717) is 6.54 Å². The van der Waals surface area contributed by atoms with E-state index in [4.69, 9.17) is 5.73 Å². The second kappa shape index (κ2) is 4.87. The average molecular weight is 245 g/mol. The number of nitrogens with zero attached hydrogens (tertiary/aromatic N) is 3. The van der Waals surface area contributed by atoms with Gasteiger partial charge in [-0.3, -0.25) is 9.89 Å². The van der Waals surface area contributed by atoms with Crippen LogP contribution >= 0.6 is 0 Å². The summed E-state index contributed by atoms with van der Waals surface area (Å²) >= 11 is 0. The van der Waals surface area contributed by atoms with E-state index in [0.717, 1.165) is 11.3 Å². The lowest BCUT2D eigenvalue weighted by molar-refractivity contribution is 0.0979. The molecule has 94 valence electrons. The van der Waals surface area contributed by atoms with Crippen LogP contribution in [0.5, 0.6) is 0 Å². The standard InChI is InChI=1S/C12H15N5O/c1-3-17(9-6-4-5-8(2)7-9)11(18)10-14-12(13)16-15-10/h4-7H,3H2,1-2H3,(H3,13,14,15,16). The number of rotatable bonds is 3. The van der Waals surface area contributed by atoms with E-state index in [1.807, 2.05) is 38.1 Å². The molecule has 18 heavy (non-hydrogen) atoms. The van der Waals surface area contributed by atoms with Gasteiger partial charge < -0.3 is 10.6 Å². The van der Waals surface area contributed by atoms with Crippen molar-refractivity contribution >= 4 is 17.5 Å². The highest BCUT2D eigenvalue weighted by Crippen LogP contribution is 2.17. The Morgan fingerprint density at radius 2 is 2.28 bits per heavy atom. The molecule has 6 heteroatoms. The van der Waals surface area contributed by atoms with Crippen LogP contribution < -0.4 is 10.6 Å².